The summed E-state index contributed by atoms with van der Waals surface area (Å²) in [5.74, 6) is 2.37. The van der Waals surface area contributed by atoms with Gasteiger partial charge in [0.15, 0.2) is 0 Å². The maximum atomic E-state index is 10.5. The number of nitrogens with zero attached hydrogens (tertiary/aromatic N) is 2. The quantitative estimate of drug-likeness (QED) is 0.918. The van der Waals surface area contributed by atoms with E-state index < -0.39 is 0 Å². The molecule has 0 bridgehead atoms. The van der Waals surface area contributed by atoms with Crippen LogP contribution in [0.25, 0.3) is 0 Å². The molecule has 0 radical (unpaired) electrons. The highest BCUT2D eigenvalue weighted by atomic mass is 32.2. The summed E-state index contributed by atoms with van der Waals surface area (Å²) in [6.45, 7) is 2.24. The molecule has 2 fully saturated rings. The minimum atomic E-state index is -0.271. The molecule has 5 heteroatoms. The van der Waals surface area contributed by atoms with Crippen LogP contribution in [0.15, 0.2) is 12.3 Å². The fourth-order valence-electron chi connectivity index (χ4n) is 3.44. The van der Waals surface area contributed by atoms with E-state index in [1.54, 1.807) is 0 Å². The lowest BCUT2D eigenvalue weighted by Gasteiger charge is -2.31. The monoisotopic (exact) mass is 326 g/mol. The Hall–Kier alpha value is -0.130. The molecule has 3 nitrogen and oxygen atoms in total. The van der Waals surface area contributed by atoms with Gasteiger partial charge in [0.1, 0.15) is 0 Å². The molecule has 0 spiro atoms. The summed E-state index contributed by atoms with van der Waals surface area (Å²) < 4.78 is 2.15. The van der Waals surface area contributed by atoms with Gasteiger partial charge >= 0.3 is 0 Å². The summed E-state index contributed by atoms with van der Waals surface area (Å²) in [7, 11) is 0. The first-order valence-electron chi connectivity index (χ1n) is 8.19. The Balaban J connectivity index is 1.58. The Morgan fingerprint density at radius 2 is 2.05 bits per heavy atom. The van der Waals surface area contributed by atoms with E-state index in [1.807, 2.05) is 23.5 Å². The zero-order chi connectivity index (χ0) is 14.7. The molecule has 3 atom stereocenters. The van der Waals surface area contributed by atoms with Crippen molar-refractivity contribution < 1.29 is 5.11 Å². The molecule has 1 aliphatic carbocycles. The Morgan fingerprint density at radius 1 is 1.29 bits per heavy atom. The molecule has 0 aromatic carbocycles. The maximum Gasteiger partial charge on any atom is 0.0725 e. The average Bonchev–Trinajstić information content (AvgIpc) is 2.97. The molecule has 1 N–H and O–H groups in total. The van der Waals surface area contributed by atoms with Gasteiger partial charge in [-0.2, -0.15) is 28.6 Å². The first-order valence-corrected chi connectivity index (χ1v) is 10.3. The number of hydrogen-bond donors (Lipinski definition) is 1. The Labute approximate surface area is 136 Å². The van der Waals surface area contributed by atoms with Gasteiger partial charge in [0.05, 0.1) is 17.8 Å². The van der Waals surface area contributed by atoms with E-state index in [-0.39, 0.29) is 6.10 Å². The summed E-state index contributed by atoms with van der Waals surface area (Å²) >= 11 is 3.91. The van der Waals surface area contributed by atoms with Gasteiger partial charge in [0, 0.05) is 34.6 Å². The molecule has 0 amide bonds. The number of aromatic nitrogens is 2. The van der Waals surface area contributed by atoms with Crippen LogP contribution in [0.1, 0.15) is 50.8 Å². The van der Waals surface area contributed by atoms with Crippen LogP contribution in [-0.4, -0.2) is 43.0 Å². The van der Waals surface area contributed by atoms with Crippen molar-refractivity contribution >= 4 is 23.5 Å². The smallest absolute Gasteiger partial charge is 0.0725 e. The van der Waals surface area contributed by atoms with E-state index in [0.717, 1.165) is 11.4 Å². The molecule has 118 valence electrons. The molecular weight excluding hydrogens is 300 g/mol. The van der Waals surface area contributed by atoms with Crippen LogP contribution < -0.4 is 0 Å². The zero-order valence-electron chi connectivity index (χ0n) is 12.8. The van der Waals surface area contributed by atoms with E-state index in [1.165, 1.54) is 37.9 Å². The van der Waals surface area contributed by atoms with Gasteiger partial charge in [-0.1, -0.05) is 26.2 Å². The summed E-state index contributed by atoms with van der Waals surface area (Å²) in [4.78, 5) is 0. The van der Waals surface area contributed by atoms with Gasteiger partial charge in [-0.05, 0) is 18.9 Å². The minimum absolute atomic E-state index is 0.271. The van der Waals surface area contributed by atoms with E-state index >= 15 is 0 Å². The molecule has 3 unspecified atom stereocenters. The number of aliphatic hydroxyl groups is 1. The van der Waals surface area contributed by atoms with E-state index in [2.05, 4.69) is 23.9 Å². The van der Waals surface area contributed by atoms with E-state index in [9.17, 15) is 5.11 Å². The first kappa shape index (κ1) is 15.8. The van der Waals surface area contributed by atoms with Crippen molar-refractivity contribution in [3.8, 4) is 0 Å². The standard InChI is InChI=1S/C16H26N2OS2/c1-12-16(21-10-9-20-12)15(19)11-13-7-8-18(17-13)14-5-3-2-4-6-14/h7-8,12,14-16,19H,2-6,9-11H2,1H3. The average molecular weight is 327 g/mol. The maximum absolute atomic E-state index is 10.5. The zero-order valence-corrected chi connectivity index (χ0v) is 14.4. The van der Waals surface area contributed by atoms with Gasteiger partial charge in [-0.3, -0.25) is 4.68 Å². The van der Waals surface area contributed by atoms with Crippen molar-refractivity contribution in [2.45, 2.75) is 68.1 Å². The molecule has 1 aromatic heterocycles. The third kappa shape index (κ3) is 3.99. The molecule has 1 aromatic rings. The van der Waals surface area contributed by atoms with Crippen LogP contribution in [0.4, 0.5) is 0 Å². The highest BCUT2D eigenvalue weighted by Crippen LogP contribution is 2.34. The van der Waals surface area contributed by atoms with Crippen LogP contribution in [0.3, 0.4) is 0 Å². The third-order valence-electron chi connectivity index (χ3n) is 4.65. The molecule has 21 heavy (non-hydrogen) atoms. The molecule has 3 rings (SSSR count). The summed E-state index contributed by atoms with van der Waals surface area (Å²) in [5, 5.41) is 16.2. The Bertz CT molecular complexity index is 445. The van der Waals surface area contributed by atoms with Gasteiger partial charge in [0.2, 0.25) is 0 Å². The van der Waals surface area contributed by atoms with Crippen molar-refractivity contribution in [3.05, 3.63) is 18.0 Å². The predicted octanol–water partition coefficient (Wildman–Crippen LogP) is 3.53. The van der Waals surface area contributed by atoms with Crippen LogP contribution in [0.2, 0.25) is 0 Å². The summed E-state index contributed by atoms with van der Waals surface area (Å²) in [5.41, 5.74) is 1.05. The fourth-order valence-corrected chi connectivity index (χ4v) is 6.28. The van der Waals surface area contributed by atoms with Crippen LogP contribution >= 0.6 is 23.5 Å². The van der Waals surface area contributed by atoms with Crippen LogP contribution in [0, 0.1) is 0 Å². The van der Waals surface area contributed by atoms with Crippen molar-refractivity contribution in [1.29, 1.82) is 0 Å². The second-order valence-corrected chi connectivity index (χ2v) is 9.03. The third-order valence-corrected chi connectivity index (χ3v) is 7.88. The lowest BCUT2D eigenvalue weighted by molar-refractivity contribution is 0.169. The Morgan fingerprint density at radius 3 is 2.81 bits per heavy atom. The number of rotatable bonds is 4. The van der Waals surface area contributed by atoms with Crippen LogP contribution in [-0.2, 0) is 6.42 Å². The van der Waals surface area contributed by atoms with E-state index in [0.29, 0.717) is 23.0 Å². The molecule has 1 saturated carbocycles. The number of aliphatic hydroxyl groups excluding tert-OH is 1. The topological polar surface area (TPSA) is 38.0 Å². The van der Waals surface area contributed by atoms with E-state index in [4.69, 9.17) is 5.10 Å². The highest BCUT2D eigenvalue weighted by molar-refractivity contribution is 8.07. The molecule has 2 aliphatic rings. The first-order chi connectivity index (χ1) is 10.2. The molecule has 2 heterocycles. The summed E-state index contributed by atoms with van der Waals surface area (Å²) in [6.07, 6.45) is 9.09. The largest absolute Gasteiger partial charge is 0.392 e. The summed E-state index contributed by atoms with van der Waals surface area (Å²) in [6, 6.07) is 2.69. The van der Waals surface area contributed by atoms with Crippen molar-refractivity contribution in [2.24, 2.45) is 0 Å². The van der Waals surface area contributed by atoms with Crippen molar-refractivity contribution in [3.63, 3.8) is 0 Å². The van der Waals surface area contributed by atoms with Gasteiger partial charge in [0.25, 0.3) is 0 Å². The van der Waals surface area contributed by atoms with Crippen molar-refractivity contribution in [2.75, 3.05) is 11.5 Å². The minimum Gasteiger partial charge on any atom is -0.392 e. The molecule has 1 aliphatic heterocycles. The lowest BCUT2D eigenvalue weighted by Crippen LogP contribution is -2.36. The van der Waals surface area contributed by atoms with Crippen molar-refractivity contribution in [1.82, 2.24) is 9.78 Å². The van der Waals surface area contributed by atoms with Gasteiger partial charge in [-0.15, -0.1) is 0 Å². The van der Waals surface area contributed by atoms with Gasteiger partial charge in [-0.25, -0.2) is 0 Å². The fraction of sp³-hybridized carbons (Fsp3) is 0.812. The number of hydrogen-bond acceptors (Lipinski definition) is 4. The highest BCUT2D eigenvalue weighted by Gasteiger charge is 2.29. The number of thioether (sulfide) groups is 2. The SMILES string of the molecule is CC1SCCSC1C(O)Cc1ccn(C2CCCCC2)n1. The molecular formula is C16H26N2OS2. The lowest BCUT2D eigenvalue weighted by atomic mass is 9.96. The molecule has 1 saturated heterocycles. The Kier molecular flexibility index (Phi) is 5.57. The normalized spacial score (nSPS) is 29.4. The van der Waals surface area contributed by atoms with Crippen LogP contribution in [0.5, 0.6) is 0 Å². The second kappa shape index (κ2) is 7.42. The second-order valence-electron chi connectivity index (χ2n) is 6.26. The predicted molar refractivity (Wildman–Crippen MR) is 92.2 cm³/mol. The van der Waals surface area contributed by atoms with Gasteiger partial charge < -0.3 is 5.11 Å².